The Hall–Kier alpha value is -1.10. The van der Waals surface area contributed by atoms with Crippen LogP contribution in [0, 0.1) is 17.3 Å². The van der Waals surface area contributed by atoms with Crippen molar-refractivity contribution in [2.75, 3.05) is 0 Å². The van der Waals surface area contributed by atoms with Crippen LogP contribution in [0.1, 0.15) is 64.2 Å². The Morgan fingerprint density at radius 3 is 2.64 bits per heavy atom. The van der Waals surface area contributed by atoms with Crippen molar-refractivity contribution in [2.24, 2.45) is 17.3 Å². The molecule has 0 radical (unpaired) electrons. The number of hydrogen-bond donors (Lipinski definition) is 3. The summed E-state index contributed by atoms with van der Waals surface area (Å²) in [5, 5.41) is 29.6. The van der Waals surface area contributed by atoms with E-state index in [0.717, 1.165) is 32.1 Å². The Labute approximate surface area is 174 Å². The molecule has 28 heavy (non-hydrogen) atoms. The number of hydrogen-bond acceptors (Lipinski definition) is 3. The molecule has 0 aromatic heterocycles. The highest BCUT2D eigenvalue weighted by atomic mass is 35.5. The zero-order chi connectivity index (χ0) is 20.6. The largest absolute Gasteiger partial charge is 0.481 e. The lowest BCUT2D eigenvalue weighted by Gasteiger charge is -2.45. The van der Waals surface area contributed by atoms with Gasteiger partial charge in [-0.25, -0.2) is 0 Å². The quantitative estimate of drug-likeness (QED) is 0.244. The van der Waals surface area contributed by atoms with E-state index in [0.29, 0.717) is 19.3 Å². The van der Waals surface area contributed by atoms with Gasteiger partial charge in [-0.1, -0.05) is 36.8 Å². The number of aliphatic carboxylic acids is 1. The predicted octanol–water partition coefficient (Wildman–Crippen LogP) is 4.85. The van der Waals surface area contributed by atoms with Gasteiger partial charge in [-0.3, -0.25) is 4.79 Å². The van der Waals surface area contributed by atoms with E-state index in [2.05, 4.69) is 12.7 Å². The highest BCUT2D eigenvalue weighted by Gasteiger charge is 2.42. The summed E-state index contributed by atoms with van der Waals surface area (Å²) in [5.41, 5.74) is -0.00646. The Morgan fingerprint density at radius 2 is 2.04 bits per heavy atom. The average molecular weight is 411 g/mol. The van der Waals surface area contributed by atoms with Crippen molar-refractivity contribution in [1.29, 1.82) is 0 Å². The van der Waals surface area contributed by atoms with Crippen LogP contribution in [0.25, 0.3) is 0 Å². The molecular formula is C23H35ClO4. The van der Waals surface area contributed by atoms with Gasteiger partial charge >= 0.3 is 5.97 Å². The first kappa shape index (κ1) is 23.2. The molecule has 3 N–H and O–H groups in total. The molecule has 0 aromatic carbocycles. The first-order valence-corrected chi connectivity index (χ1v) is 11.0. The number of aliphatic hydroxyl groups is 2. The monoisotopic (exact) mass is 410 g/mol. The van der Waals surface area contributed by atoms with Gasteiger partial charge in [0, 0.05) is 23.1 Å². The minimum atomic E-state index is -0.766. The number of rotatable bonds is 12. The van der Waals surface area contributed by atoms with Gasteiger partial charge < -0.3 is 15.3 Å². The molecule has 4 nitrogen and oxygen atoms in total. The van der Waals surface area contributed by atoms with Gasteiger partial charge in [-0.05, 0) is 57.3 Å². The smallest absolute Gasteiger partial charge is 0.303 e. The number of carbonyl (C=O) groups is 1. The maximum Gasteiger partial charge on any atom is 0.303 e. The number of carboxylic acids is 1. The van der Waals surface area contributed by atoms with E-state index in [4.69, 9.17) is 16.7 Å². The fraction of sp³-hybridized carbons (Fsp3) is 0.696. The van der Waals surface area contributed by atoms with Crippen molar-refractivity contribution in [2.45, 2.75) is 81.8 Å². The molecule has 2 aliphatic carbocycles. The lowest BCUT2D eigenvalue weighted by Crippen LogP contribution is -2.40. The van der Waals surface area contributed by atoms with Crippen molar-refractivity contribution >= 4 is 17.6 Å². The molecule has 0 amide bonds. The minimum Gasteiger partial charge on any atom is -0.481 e. The topological polar surface area (TPSA) is 77.8 Å². The minimum absolute atomic E-state index is 0.00452. The first-order chi connectivity index (χ1) is 13.4. The molecule has 0 aliphatic heterocycles. The highest BCUT2D eigenvalue weighted by molar-refractivity contribution is 6.21. The predicted molar refractivity (Wildman–Crippen MR) is 113 cm³/mol. The fourth-order valence-electron chi connectivity index (χ4n) is 4.61. The van der Waals surface area contributed by atoms with E-state index < -0.39 is 12.1 Å². The fourth-order valence-corrected chi connectivity index (χ4v) is 5.07. The van der Waals surface area contributed by atoms with Crippen molar-refractivity contribution in [1.82, 2.24) is 0 Å². The van der Waals surface area contributed by atoms with E-state index in [1.54, 1.807) is 0 Å². The maximum atomic E-state index is 10.6. The van der Waals surface area contributed by atoms with Crippen LogP contribution >= 0.6 is 11.6 Å². The van der Waals surface area contributed by atoms with Crippen LogP contribution in [0.2, 0.25) is 0 Å². The number of halogens is 1. The second-order valence-electron chi connectivity index (χ2n) is 8.44. The molecular weight excluding hydrogens is 376 g/mol. The molecule has 2 fully saturated rings. The van der Waals surface area contributed by atoms with E-state index in [1.807, 2.05) is 24.3 Å². The van der Waals surface area contributed by atoms with Crippen LogP contribution in [0.3, 0.4) is 0 Å². The van der Waals surface area contributed by atoms with Crippen LogP contribution < -0.4 is 0 Å². The molecule has 0 aromatic rings. The number of alkyl halides is 1. The maximum absolute atomic E-state index is 10.6. The number of allylic oxidation sites excluding steroid dienone is 3. The van der Waals surface area contributed by atoms with Crippen molar-refractivity contribution in [3.8, 4) is 0 Å². The summed E-state index contributed by atoms with van der Waals surface area (Å²) >= 11 is 6.47. The number of aliphatic hydroxyl groups excluding tert-OH is 2. The van der Waals surface area contributed by atoms with Crippen LogP contribution in [-0.2, 0) is 4.79 Å². The summed E-state index contributed by atoms with van der Waals surface area (Å²) < 4.78 is 0. The first-order valence-electron chi connectivity index (χ1n) is 10.5. The highest BCUT2D eigenvalue weighted by Crippen LogP contribution is 2.48. The van der Waals surface area contributed by atoms with E-state index in [9.17, 15) is 15.0 Å². The number of carboxylic acid groups (broad SMARTS) is 1. The molecule has 2 aliphatic rings. The third kappa shape index (κ3) is 6.20. The lowest BCUT2D eigenvalue weighted by molar-refractivity contribution is -0.137. The van der Waals surface area contributed by atoms with Crippen molar-refractivity contribution in [3.05, 3.63) is 37.0 Å². The van der Waals surface area contributed by atoms with Crippen molar-refractivity contribution in [3.63, 3.8) is 0 Å². The van der Waals surface area contributed by atoms with Gasteiger partial charge in [0.25, 0.3) is 0 Å². The SMILES string of the molecule is C=CCC1(C(O)C/C=C/[C@@H]2[C@@H](C/C=C\CCCC(=O)O)[C@@H](Cl)C[C@H]2O)CCC1. The molecule has 2 saturated carbocycles. The normalized spacial score (nSPS) is 30.5. The van der Waals surface area contributed by atoms with Gasteiger partial charge in [0.2, 0.25) is 0 Å². The standard InChI is InChI=1S/C23H35ClO4/c1-2-13-23(14-8-15-23)21(26)11-7-10-18-17(19(24)16-20(18)25)9-5-3-4-6-12-22(27)28/h2-3,5,7,10,17-21,25-26H,1,4,6,8-9,11-16H2,(H,27,28)/b5-3-,10-7+/t17-,18-,19+,20-,21?/m1/s1. The number of unbranched alkanes of at least 4 members (excludes halogenated alkanes) is 1. The zero-order valence-electron chi connectivity index (χ0n) is 16.7. The van der Waals surface area contributed by atoms with Gasteiger partial charge in [0.1, 0.15) is 0 Å². The van der Waals surface area contributed by atoms with Crippen molar-refractivity contribution < 1.29 is 20.1 Å². The molecule has 5 heteroatoms. The van der Waals surface area contributed by atoms with E-state index in [1.165, 1.54) is 6.42 Å². The van der Waals surface area contributed by atoms with Crippen LogP contribution in [0.15, 0.2) is 37.0 Å². The van der Waals surface area contributed by atoms with Crippen LogP contribution in [-0.4, -0.2) is 38.9 Å². The molecule has 0 spiro atoms. The van der Waals surface area contributed by atoms with Gasteiger partial charge in [0.05, 0.1) is 12.2 Å². The third-order valence-electron chi connectivity index (χ3n) is 6.53. The molecule has 2 rings (SSSR count). The zero-order valence-corrected chi connectivity index (χ0v) is 17.4. The Balaban J connectivity index is 1.85. The molecule has 5 atom stereocenters. The second-order valence-corrected chi connectivity index (χ2v) is 9.00. The summed E-state index contributed by atoms with van der Waals surface area (Å²) in [6, 6.07) is 0. The third-order valence-corrected chi connectivity index (χ3v) is 7.03. The Kier molecular flexibility index (Phi) is 9.26. The molecule has 0 bridgehead atoms. The van der Waals surface area contributed by atoms with Crippen LogP contribution in [0.4, 0.5) is 0 Å². The van der Waals surface area contributed by atoms with Crippen LogP contribution in [0.5, 0.6) is 0 Å². The van der Waals surface area contributed by atoms with E-state index >= 15 is 0 Å². The summed E-state index contributed by atoms with van der Waals surface area (Å²) in [5.74, 6) is -0.612. The summed E-state index contributed by atoms with van der Waals surface area (Å²) in [6.07, 6.45) is 16.9. The van der Waals surface area contributed by atoms with Gasteiger partial charge in [-0.2, -0.15) is 0 Å². The Morgan fingerprint density at radius 1 is 1.29 bits per heavy atom. The summed E-state index contributed by atoms with van der Waals surface area (Å²) in [7, 11) is 0. The molecule has 158 valence electrons. The van der Waals surface area contributed by atoms with Gasteiger partial charge in [0.15, 0.2) is 0 Å². The molecule has 1 unspecified atom stereocenters. The average Bonchev–Trinajstić information content (AvgIpc) is 2.87. The summed E-state index contributed by atoms with van der Waals surface area (Å²) in [4.78, 5) is 10.5. The molecule has 0 saturated heterocycles. The second kappa shape index (κ2) is 11.2. The lowest BCUT2D eigenvalue weighted by atomic mass is 9.62. The summed E-state index contributed by atoms with van der Waals surface area (Å²) in [6.45, 7) is 3.82. The Bertz CT molecular complexity index is 567. The van der Waals surface area contributed by atoms with E-state index in [-0.39, 0.29) is 35.2 Å². The molecule has 0 heterocycles. The van der Waals surface area contributed by atoms with Gasteiger partial charge in [-0.15, -0.1) is 18.2 Å².